The molecule has 0 amide bonds. The first kappa shape index (κ1) is 13.6. The molecule has 23 heavy (non-hydrogen) atoms. The maximum absolute atomic E-state index is 6.25. The molecule has 4 atom stereocenters. The number of aromatic nitrogens is 1. The normalized spacial score (nSPS) is 33.1. The zero-order chi connectivity index (χ0) is 15.8. The van der Waals surface area contributed by atoms with Crippen LogP contribution in [0.15, 0.2) is 34.9 Å². The average molecular weight is 306 g/mol. The van der Waals surface area contributed by atoms with Gasteiger partial charge >= 0.3 is 0 Å². The molecular formula is C20H22N2O. The van der Waals surface area contributed by atoms with Crippen LogP contribution in [0.1, 0.15) is 37.3 Å². The number of pyridine rings is 1. The van der Waals surface area contributed by atoms with Crippen LogP contribution in [-0.2, 0) is 0 Å². The van der Waals surface area contributed by atoms with Crippen LogP contribution in [0.4, 0.5) is 0 Å². The Morgan fingerprint density at radius 2 is 2.13 bits per heavy atom. The molecule has 2 bridgehead atoms. The molecule has 0 radical (unpaired) electrons. The fourth-order valence-corrected chi connectivity index (χ4v) is 5.19. The third-order valence-electron chi connectivity index (χ3n) is 6.33. The van der Waals surface area contributed by atoms with Crippen LogP contribution in [0.3, 0.4) is 0 Å². The highest BCUT2D eigenvalue weighted by molar-refractivity contribution is 6.05. The molecule has 3 aromatic rings. The third kappa shape index (κ3) is 1.66. The number of furan rings is 1. The molecule has 2 saturated heterocycles. The maximum Gasteiger partial charge on any atom is 0.227 e. The van der Waals surface area contributed by atoms with Gasteiger partial charge in [0, 0.05) is 41.0 Å². The molecule has 3 nitrogen and oxygen atoms in total. The quantitative estimate of drug-likeness (QED) is 0.663. The minimum atomic E-state index is 0.366. The second kappa shape index (κ2) is 4.35. The largest absolute Gasteiger partial charge is 0.437 e. The lowest BCUT2D eigenvalue weighted by Crippen LogP contribution is -2.35. The van der Waals surface area contributed by atoms with E-state index in [0.717, 1.165) is 16.7 Å². The molecule has 3 heteroatoms. The number of hydrogen-bond acceptors (Lipinski definition) is 3. The van der Waals surface area contributed by atoms with E-state index in [-0.39, 0.29) is 0 Å². The fourth-order valence-electron chi connectivity index (χ4n) is 5.19. The molecule has 0 saturated carbocycles. The van der Waals surface area contributed by atoms with Crippen LogP contribution in [0, 0.1) is 12.3 Å². The van der Waals surface area contributed by atoms with Crippen molar-refractivity contribution >= 4 is 22.1 Å². The maximum atomic E-state index is 6.25. The molecule has 0 N–H and O–H groups in total. The third-order valence-corrected chi connectivity index (χ3v) is 6.33. The predicted molar refractivity (Wildman–Crippen MR) is 92.8 cm³/mol. The van der Waals surface area contributed by atoms with Gasteiger partial charge in [-0.05, 0) is 49.9 Å². The highest BCUT2D eigenvalue weighted by Gasteiger charge is 2.53. The van der Waals surface area contributed by atoms with E-state index < -0.39 is 0 Å². The molecule has 0 spiro atoms. The van der Waals surface area contributed by atoms with E-state index in [1.54, 1.807) is 0 Å². The molecule has 0 aliphatic carbocycles. The van der Waals surface area contributed by atoms with Crippen molar-refractivity contribution in [1.82, 2.24) is 9.88 Å². The Labute approximate surface area is 136 Å². The summed E-state index contributed by atoms with van der Waals surface area (Å²) in [5.41, 5.74) is 4.95. The van der Waals surface area contributed by atoms with Gasteiger partial charge in [-0.1, -0.05) is 19.1 Å². The molecule has 4 unspecified atom stereocenters. The highest BCUT2D eigenvalue weighted by Crippen LogP contribution is 2.55. The number of nitrogens with zero attached hydrogens (tertiary/aromatic N) is 2. The van der Waals surface area contributed by atoms with E-state index in [0.29, 0.717) is 17.4 Å². The molecule has 4 heterocycles. The van der Waals surface area contributed by atoms with E-state index in [1.165, 1.54) is 36.0 Å². The van der Waals surface area contributed by atoms with Crippen molar-refractivity contribution in [2.45, 2.75) is 39.2 Å². The molecule has 1 aromatic carbocycles. The minimum Gasteiger partial charge on any atom is -0.437 e. The Balaban J connectivity index is 1.83. The topological polar surface area (TPSA) is 29.3 Å². The van der Waals surface area contributed by atoms with Crippen molar-refractivity contribution in [3.8, 4) is 0 Å². The van der Waals surface area contributed by atoms with Crippen molar-refractivity contribution in [1.29, 1.82) is 0 Å². The van der Waals surface area contributed by atoms with Crippen molar-refractivity contribution in [2.75, 3.05) is 13.1 Å². The number of fused-ring (bicyclic) bond motifs is 5. The Kier molecular flexibility index (Phi) is 2.57. The summed E-state index contributed by atoms with van der Waals surface area (Å²) in [4.78, 5) is 7.07. The van der Waals surface area contributed by atoms with Gasteiger partial charge in [-0.2, -0.15) is 0 Å². The lowest BCUT2D eigenvalue weighted by Gasteiger charge is -2.36. The van der Waals surface area contributed by atoms with Gasteiger partial charge in [-0.15, -0.1) is 0 Å². The monoisotopic (exact) mass is 306 g/mol. The first-order chi connectivity index (χ1) is 11.1. The number of aryl methyl sites for hydroxylation is 1. The first-order valence-corrected chi connectivity index (χ1v) is 8.59. The van der Waals surface area contributed by atoms with Gasteiger partial charge < -0.3 is 4.42 Å². The molecule has 2 aliphatic heterocycles. The van der Waals surface area contributed by atoms with Gasteiger partial charge in [0.15, 0.2) is 0 Å². The van der Waals surface area contributed by atoms with E-state index in [4.69, 9.17) is 4.42 Å². The molecular weight excluding hydrogens is 284 g/mol. The summed E-state index contributed by atoms with van der Waals surface area (Å²) >= 11 is 0. The van der Waals surface area contributed by atoms with Crippen molar-refractivity contribution in [3.63, 3.8) is 0 Å². The second-order valence-corrected chi connectivity index (χ2v) is 7.72. The van der Waals surface area contributed by atoms with Crippen LogP contribution < -0.4 is 0 Å². The van der Waals surface area contributed by atoms with Gasteiger partial charge in [0.1, 0.15) is 5.58 Å². The Hall–Kier alpha value is -1.87. The minimum absolute atomic E-state index is 0.366. The van der Waals surface area contributed by atoms with E-state index >= 15 is 0 Å². The Morgan fingerprint density at radius 1 is 1.26 bits per heavy atom. The van der Waals surface area contributed by atoms with Crippen molar-refractivity contribution < 1.29 is 4.42 Å². The zero-order valence-corrected chi connectivity index (χ0v) is 14.0. The van der Waals surface area contributed by atoms with Crippen LogP contribution >= 0.6 is 0 Å². The van der Waals surface area contributed by atoms with Crippen molar-refractivity contribution in [2.24, 2.45) is 5.41 Å². The summed E-state index contributed by atoms with van der Waals surface area (Å²) in [5, 5.41) is 2.34. The predicted octanol–water partition coefficient (Wildman–Crippen LogP) is 4.49. The number of piperidine rings is 1. The number of hydrogen-bond donors (Lipinski definition) is 0. The molecule has 5 rings (SSSR count). The van der Waals surface area contributed by atoms with Gasteiger partial charge in [0.05, 0.1) is 0 Å². The van der Waals surface area contributed by atoms with Crippen LogP contribution in [0.2, 0.25) is 0 Å². The standard InChI is InChI=1S/C20H22N2O/c1-12-6-7-14-15-5-4-9-21-19(15)23-18(14)16(12)17-13(2)22-10-8-20(17,3)11-22/h4-7,9,13,17H,8,10-11H2,1-3H3. The summed E-state index contributed by atoms with van der Waals surface area (Å²) in [6.45, 7) is 9.53. The Bertz CT molecular complexity index is 928. The summed E-state index contributed by atoms with van der Waals surface area (Å²) in [5.74, 6) is 0.542. The van der Waals surface area contributed by atoms with Gasteiger partial charge in [-0.25, -0.2) is 4.98 Å². The van der Waals surface area contributed by atoms with E-state index in [2.05, 4.69) is 48.9 Å². The SMILES string of the molecule is Cc1ccc2c(oc3ncccc32)c1C1C(C)N2CCC1(C)C2. The summed E-state index contributed by atoms with van der Waals surface area (Å²) < 4.78 is 6.25. The van der Waals surface area contributed by atoms with Crippen LogP contribution in [0.25, 0.3) is 22.1 Å². The number of benzene rings is 1. The second-order valence-electron chi connectivity index (χ2n) is 7.72. The van der Waals surface area contributed by atoms with Gasteiger partial charge in [0.25, 0.3) is 0 Å². The summed E-state index contributed by atoms with van der Waals surface area (Å²) in [7, 11) is 0. The lowest BCUT2D eigenvalue weighted by molar-refractivity contribution is 0.227. The van der Waals surface area contributed by atoms with Crippen molar-refractivity contribution in [3.05, 3.63) is 41.6 Å². The molecule has 2 fully saturated rings. The van der Waals surface area contributed by atoms with E-state index in [1.807, 2.05) is 12.3 Å². The average Bonchev–Trinajstić information content (AvgIpc) is 3.17. The lowest BCUT2D eigenvalue weighted by atomic mass is 9.69. The number of rotatable bonds is 1. The van der Waals surface area contributed by atoms with E-state index in [9.17, 15) is 0 Å². The smallest absolute Gasteiger partial charge is 0.227 e. The molecule has 2 aromatic heterocycles. The van der Waals surface area contributed by atoms with Crippen LogP contribution in [0.5, 0.6) is 0 Å². The summed E-state index contributed by atoms with van der Waals surface area (Å²) in [6, 6.07) is 9.14. The molecule has 2 aliphatic rings. The van der Waals surface area contributed by atoms with Gasteiger partial charge in [0.2, 0.25) is 5.71 Å². The highest BCUT2D eigenvalue weighted by atomic mass is 16.3. The Morgan fingerprint density at radius 3 is 2.91 bits per heavy atom. The van der Waals surface area contributed by atoms with Crippen LogP contribution in [-0.4, -0.2) is 29.0 Å². The van der Waals surface area contributed by atoms with Gasteiger partial charge in [-0.3, -0.25) is 4.90 Å². The zero-order valence-electron chi connectivity index (χ0n) is 14.0. The fraction of sp³-hybridized carbons (Fsp3) is 0.450. The first-order valence-electron chi connectivity index (χ1n) is 8.59. The molecule has 118 valence electrons. The summed E-state index contributed by atoms with van der Waals surface area (Å²) in [6.07, 6.45) is 3.10.